The summed E-state index contributed by atoms with van der Waals surface area (Å²) < 4.78 is 13.2. The van der Waals surface area contributed by atoms with E-state index in [2.05, 4.69) is 21.4 Å². The molecule has 156 valence electrons. The van der Waals surface area contributed by atoms with Gasteiger partial charge in [-0.15, -0.1) is 0 Å². The summed E-state index contributed by atoms with van der Waals surface area (Å²) >= 11 is 0. The molecule has 0 aliphatic carbocycles. The van der Waals surface area contributed by atoms with E-state index in [1.807, 2.05) is 39.1 Å². The third-order valence-electron chi connectivity index (χ3n) is 5.98. The summed E-state index contributed by atoms with van der Waals surface area (Å²) in [7, 11) is 3.59. The van der Waals surface area contributed by atoms with E-state index in [9.17, 15) is 4.79 Å². The van der Waals surface area contributed by atoms with Crippen LogP contribution in [0.15, 0.2) is 24.3 Å². The summed E-state index contributed by atoms with van der Waals surface area (Å²) in [5, 5.41) is 7.74. The SMILES string of the molecule is COc1ccccc1N1CCC(NC(=O)c2nn(C)c3c2C[C@H](C)O[C@@H]3C)CC1. The molecule has 1 amide bonds. The van der Waals surface area contributed by atoms with Gasteiger partial charge in [0.25, 0.3) is 5.91 Å². The van der Waals surface area contributed by atoms with Crippen LogP contribution in [0, 0.1) is 0 Å². The van der Waals surface area contributed by atoms with Crippen molar-refractivity contribution in [3.05, 3.63) is 41.2 Å². The van der Waals surface area contributed by atoms with Gasteiger partial charge in [0, 0.05) is 38.2 Å². The number of ether oxygens (including phenoxy) is 2. The number of carbonyl (C=O) groups is 1. The van der Waals surface area contributed by atoms with Gasteiger partial charge in [-0.1, -0.05) is 12.1 Å². The molecule has 4 rings (SSSR count). The van der Waals surface area contributed by atoms with Gasteiger partial charge in [-0.25, -0.2) is 0 Å². The highest BCUT2D eigenvalue weighted by molar-refractivity contribution is 5.94. The van der Waals surface area contributed by atoms with Crippen LogP contribution >= 0.6 is 0 Å². The monoisotopic (exact) mass is 398 g/mol. The first-order valence-electron chi connectivity index (χ1n) is 10.4. The van der Waals surface area contributed by atoms with Gasteiger partial charge in [0.1, 0.15) is 5.75 Å². The van der Waals surface area contributed by atoms with Crippen molar-refractivity contribution in [3.8, 4) is 5.75 Å². The molecule has 0 saturated carbocycles. The van der Waals surface area contributed by atoms with Crippen molar-refractivity contribution in [2.24, 2.45) is 7.05 Å². The Hall–Kier alpha value is -2.54. The Bertz CT molecular complexity index is 886. The zero-order chi connectivity index (χ0) is 20.5. The maximum atomic E-state index is 13.0. The number of piperidine rings is 1. The molecule has 1 aromatic carbocycles. The lowest BCUT2D eigenvalue weighted by Gasteiger charge is -2.34. The van der Waals surface area contributed by atoms with Crippen molar-refractivity contribution in [1.82, 2.24) is 15.1 Å². The highest BCUT2D eigenvalue weighted by Gasteiger charge is 2.32. The molecule has 2 atom stereocenters. The van der Waals surface area contributed by atoms with Crippen LogP contribution in [0.1, 0.15) is 54.5 Å². The summed E-state index contributed by atoms with van der Waals surface area (Å²) in [4.78, 5) is 15.3. The number of amides is 1. The number of aryl methyl sites for hydroxylation is 1. The predicted molar refractivity (Wildman–Crippen MR) is 112 cm³/mol. The number of nitrogens with one attached hydrogen (secondary N) is 1. The Morgan fingerprint density at radius 2 is 1.97 bits per heavy atom. The molecule has 0 bridgehead atoms. The maximum Gasteiger partial charge on any atom is 0.272 e. The van der Waals surface area contributed by atoms with Gasteiger partial charge in [0.15, 0.2) is 5.69 Å². The van der Waals surface area contributed by atoms with Gasteiger partial charge < -0.3 is 19.7 Å². The number of hydrogen-bond donors (Lipinski definition) is 1. The summed E-state index contributed by atoms with van der Waals surface area (Å²) in [6.07, 6.45) is 2.57. The minimum atomic E-state index is -0.0705. The molecule has 7 nitrogen and oxygen atoms in total. The molecule has 2 aromatic rings. The average Bonchev–Trinajstić information content (AvgIpc) is 3.05. The second kappa shape index (κ2) is 8.06. The minimum absolute atomic E-state index is 0.0445. The van der Waals surface area contributed by atoms with Crippen molar-refractivity contribution >= 4 is 11.6 Å². The lowest BCUT2D eigenvalue weighted by molar-refractivity contribution is -0.00903. The topological polar surface area (TPSA) is 68.6 Å². The lowest BCUT2D eigenvalue weighted by Crippen LogP contribution is -2.45. The molecule has 0 spiro atoms. The summed E-state index contributed by atoms with van der Waals surface area (Å²) in [5.74, 6) is 0.819. The molecule has 1 fully saturated rings. The quantitative estimate of drug-likeness (QED) is 0.858. The molecule has 2 aliphatic heterocycles. The number of carbonyl (C=O) groups excluding carboxylic acids is 1. The first-order valence-corrected chi connectivity index (χ1v) is 10.4. The van der Waals surface area contributed by atoms with E-state index in [1.54, 1.807) is 11.8 Å². The third kappa shape index (κ3) is 3.83. The number of para-hydroxylation sites is 2. The average molecular weight is 399 g/mol. The Morgan fingerprint density at radius 3 is 2.69 bits per heavy atom. The van der Waals surface area contributed by atoms with Crippen molar-refractivity contribution in [2.45, 2.75) is 51.4 Å². The first kappa shape index (κ1) is 19.8. The minimum Gasteiger partial charge on any atom is -0.495 e. The van der Waals surface area contributed by atoms with E-state index in [4.69, 9.17) is 9.47 Å². The molecule has 1 N–H and O–H groups in total. The summed E-state index contributed by atoms with van der Waals surface area (Å²) in [6, 6.07) is 8.24. The van der Waals surface area contributed by atoms with Crippen molar-refractivity contribution in [2.75, 3.05) is 25.1 Å². The van der Waals surface area contributed by atoms with E-state index in [-0.39, 0.29) is 24.2 Å². The Morgan fingerprint density at radius 1 is 1.24 bits per heavy atom. The zero-order valence-corrected chi connectivity index (χ0v) is 17.6. The number of anilines is 1. The Balaban J connectivity index is 1.42. The molecule has 7 heteroatoms. The molecular weight excluding hydrogens is 368 g/mol. The van der Waals surface area contributed by atoms with Crippen molar-refractivity contribution in [1.29, 1.82) is 0 Å². The predicted octanol–water partition coefficient (Wildman–Crippen LogP) is 2.85. The number of hydrogen-bond acceptors (Lipinski definition) is 5. The van der Waals surface area contributed by atoms with Crippen LogP contribution in [-0.4, -0.2) is 48.0 Å². The van der Waals surface area contributed by atoms with Gasteiger partial charge in [0.05, 0.1) is 30.7 Å². The van der Waals surface area contributed by atoms with E-state index in [1.165, 1.54) is 0 Å². The van der Waals surface area contributed by atoms with Crippen LogP contribution in [-0.2, 0) is 18.2 Å². The van der Waals surface area contributed by atoms with Gasteiger partial charge in [-0.3, -0.25) is 9.48 Å². The molecule has 0 unspecified atom stereocenters. The number of nitrogens with zero attached hydrogens (tertiary/aromatic N) is 3. The van der Waals surface area contributed by atoms with Crippen LogP contribution < -0.4 is 15.0 Å². The summed E-state index contributed by atoms with van der Waals surface area (Å²) in [5.41, 5.74) is 3.71. The fourth-order valence-corrected chi connectivity index (χ4v) is 4.63. The maximum absolute atomic E-state index is 13.0. The van der Waals surface area contributed by atoms with Gasteiger partial charge >= 0.3 is 0 Å². The lowest BCUT2D eigenvalue weighted by atomic mass is 9.98. The largest absolute Gasteiger partial charge is 0.495 e. The molecule has 29 heavy (non-hydrogen) atoms. The third-order valence-corrected chi connectivity index (χ3v) is 5.98. The highest BCUT2D eigenvalue weighted by Crippen LogP contribution is 2.32. The van der Waals surface area contributed by atoms with E-state index in [0.717, 1.165) is 55.0 Å². The Kier molecular flexibility index (Phi) is 5.50. The molecule has 0 radical (unpaired) electrons. The second-order valence-corrected chi connectivity index (χ2v) is 8.04. The molecule has 3 heterocycles. The van der Waals surface area contributed by atoms with E-state index < -0.39 is 0 Å². The fourth-order valence-electron chi connectivity index (χ4n) is 4.63. The van der Waals surface area contributed by atoms with E-state index in [0.29, 0.717) is 5.69 Å². The fraction of sp³-hybridized carbons (Fsp3) is 0.545. The molecule has 1 saturated heterocycles. The van der Waals surface area contributed by atoms with Crippen LogP contribution in [0.5, 0.6) is 5.75 Å². The highest BCUT2D eigenvalue weighted by atomic mass is 16.5. The van der Waals surface area contributed by atoms with Gasteiger partial charge in [0.2, 0.25) is 0 Å². The second-order valence-electron chi connectivity index (χ2n) is 8.04. The zero-order valence-electron chi connectivity index (χ0n) is 17.6. The molecular formula is C22H30N4O3. The smallest absolute Gasteiger partial charge is 0.272 e. The summed E-state index contributed by atoms with van der Waals surface area (Å²) in [6.45, 7) is 5.83. The number of fused-ring (bicyclic) bond motifs is 1. The number of methoxy groups -OCH3 is 1. The van der Waals surface area contributed by atoms with Gasteiger partial charge in [-0.2, -0.15) is 5.10 Å². The number of benzene rings is 1. The van der Waals surface area contributed by atoms with Crippen molar-refractivity contribution in [3.63, 3.8) is 0 Å². The number of aromatic nitrogens is 2. The van der Waals surface area contributed by atoms with E-state index >= 15 is 0 Å². The van der Waals surface area contributed by atoms with Crippen LogP contribution in [0.2, 0.25) is 0 Å². The molecule has 1 aromatic heterocycles. The van der Waals surface area contributed by atoms with Crippen LogP contribution in [0.3, 0.4) is 0 Å². The Labute approximate surface area is 172 Å². The van der Waals surface area contributed by atoms with Crippen molar-refractivity contribution < 1.29 is 14.3 Å². The van der Waals surface area contributed by atoms with Crippen LogP contribution in [0.4, 0.5) is 5.69 Å². The van der Waals surface area contributed by atoms with Gasteiger partial charge in [-0.05, 0) is 38.8 Å². The number of rotatable bonds is 4. The molecule has 2 aliphatic rings. The standard InChI is InChI=1S/C22H30N4O3/c1-14-13-17-20(24-25(3)21(17)15(2)29-14)22(27)23-16-9-11-26(12-10-16)18-7-5-6-8-19(18)28-4/h5-8,14-16H,9-13H2,1-4H3,(H,23,27)/t14-,15+/m0/s1. The normalized spacial score (nSPS) is 22.3. The first-order chi connectivity index (χ1) is 14.0. The van der Waals surface area contributed by atoms with Crippen LogP contribution in [0.25, 0.3) is 0 Å².